The summed E-state index contributed by atoms with van der Waals surface area (Å²) in [5.41, 5.74) is 6.97. The fraction of sp³-hybridized carbons (Fsp3) is 0.0833. The molecule has 0 radical (unpaired) electrons. The molecule has 0 bridgehead atoms. The minimum atomic E-state index is 0.912. The fourth-order valence-electron chi connectivity index (χ4n) is 2.41. The molecule has 1 N–H and O–H groups in total. The van der Waals surface area contributed by atoms with Crippen LogP contribution in [0.15, 0.2) is 31.0 Å². The average molecular weight is 208 g/mol. The van der Waals surface area contributed by atoms with E-state index in [-0.39, 0.29) is 0 Å². The van der Waals surface area contributed by atoms with E-state index in [9.17, 15) is 0 Å². The summed E-state index contributed by atoms with van der Waals surface area (Å²) in [5, 5.41) is 0. The molecule has 4 rings (SSSR count). The Morgan fingerprint density at radius 1 is 1.19 bits per heavy atom. The first-order valence-electron chi connectivity index (χ1n) is 5.17. The third-order valence-electron chi connectivity index (χ3n) is 3.08. The SMILES string of the molecule is c1cc2c(cn1)Cc1[nH]c3cncnc3c1-2. The third kappa shape index (κ3) is 0.863. The number of H-pyrrole nitrogens is 1. The highest BCUT2D eigenvalue weighted by Gasteiger charge is 2.23. The Labute approximate surface area is 91.4 Å². The van der Waals surface area contributed by atoms with Gasteiger partial charge in [-0.15, -0.1) is 0 Å². The van der Waals surface area contributed by atoms with Gasteiger partial charge in [0, 0.05) is 30.1 Å². The molecule has 16 heavy (non-hydrogen) atoms. The molecule has 0 fully saturated rings. The van der Waals surface area contributed by atoms with Gasteiger partial charge in [0.15, 0.2) is 0 Å². The van der Waals surface area contributed by atoms with Crippen LogP contribution in [0, 0.1) is 0 Å². The van der Waals surface area contributed by atoms with E-state index in [1.165, 1.54) is 22.4 Å². The smallest absolute Gasteiger partial charge is 0.116 e. The summed E-state index contributed by atoms with van der Waals surface area (Å²) in [4.78, 5) is 15.9. The lowest BCUT2D eigenvalue weighted by atomic mass is 10.1. The summed E-state index contributed by atoms with van der Waals surface area (Å²) < 4.78 is 0. The Bertz CT molecular complexity index is 699. The van der Waals surface area contributed by atoms with Crippen molar-refractivity contribution in [2.45, 2.75) is 6.42 Å². The van der Waals surface area contributed by atoms with Gasteiger partial charge in [-0.05, 0) is 17.2 Å². The van der Waals surface area contributed by atoms with Gasteiger partial charge < -0.3 is 4.98 Å². The lowest BCUT2D eigenvalue weighted by Gasteiger charge is -1.97. The molecule has 0 aromatic carbocycles. The molecule has 1 aliphatic carbocycles. The van der Waals surface area contributed by atoms with Crippen LogP contribution in [0.1, 0.15) is 11.3 Å². The Hall–Kier alpha value is -2.23. The van der Waals surface area contributed by atoms with Crippen LogP contribution in [0.5, 0.6) is 0 Å². The normalized spacial score (nSPS) is 12.8. The predicted molar refractivity (Wildman–Crippen MR) is 59.9 cm³/mol. The maximum absolute atomic E-state index is 4.35. The van der Waals surface area contributed by atoms with Crippen LogP contribution >= 0.6 is 0 Å². The third-order valence-corrected chi connectivity index (χ3v) is 3.08. The minimum absolute atomic E-state index is 0.912. The summed E-state index contributed by atoms with van der Waals surface area (Å²) in [5.74, 6) is 0. The van der Waals surface area contributed by atoms with Crippen molar-refractivity contribution in [2.75, 3.05) is 0 Å². The van der Waals surface area contributed by atoms with Crippen molar-refractivity contribution in [1.82, 2.24) is 19.9 Å². The highest BCUT2D eigenvalue weighted by Crippen LogP contribution is 2.39. The lowest BCUT2D eigenvalue weighted by molar-refractivity contribution is 1.13. The van der Waals surface area contributed by atoms with Gasteiger partial charge in [-0.25, -0.2) is 9.97 Å². The largest absolute Gasteiger partial charge is 0.355 e. The number of nitrogens with one attached hydrogen (secondary N) is 1. The Kier molecular flexibility index (Phi) is 1.33. The summed E-state index contributed by atoms with van der Waals surface area (Å²) in [6.07, 6.45) is 8.08. The highest BCUT2D eigenvalue weighted by molar-refractivity contribution is 5.97. The van der Waals surface area contributed by atoms with Crippen molar-refractivity contribution in [3.63, 3.8) is 0 Å². The van der Waals surface area contributed by atoms with E-state index in [1.54, 1.807) is 6.33 Å². The van der Waals surface area contributed by atoms with Gasteiger partial charge in [-0.2, -0.15) is 0 Å². The van der Waals surface area contributed by atoms with E-state index < -0.39 is 0 Å². The summed E-state index contributed by atoms with van der Waals surface area (Å²) >= 11 is 0. The van der Waals surface area contributed by atoms with Gasteiger partial charge in [0.2, 0.25) is 0 Å². The van der Waals surface area contributed by atoms with Crippen molar-refractivity contribution in [2.24, 2.45) is 0 Å². The molecule has 4 heteroatoms. The maximum atomic E-state index is 4.35. The van der Waals surface area contributed by atoms with Crippen LogP contribution in [0.4, 0.5) is 0 Å². The van der Waals surface area contributed by atoms with E-state index in [0.29, 0.717) is 0 Å². The molecule has 3 aromatic heterocycles. The molecular weight excluding hydrogens is 200 g/mol. The summed E-state index contributed by atoms with van der Waals surface area (Å²) in [6.45, 7) is 0. The molecule has 76 valence electrons. The second-order valence-electron chi connectivity index (χ2n) is 3.97. The van der Waals surface area contributed by atoms with Crippen molar-refractivity contribution in [3.05, 3.63) is 42.2 Å². The molecule has 4 nitrogen and oxygen atoms in total. The topological polar surface area (TPSA) is 54.5 Å². The molecule has 0 aliphatic heterocycles. The first-order valence-corrected chi connectivity index (χ1v) is 5.17. The zero-order chi connectivity index (χ0) is 10.5. The van der Waals surface area contributed by atoms with Crippen LogP contribution in [-0.4, -0.2) is 19.9 Å². The van der Waals surface area contributed by atoms with Crippen LogP contribution in [0.2, 0.25) is 0 Å². The van der Waals surface area contributed by atoms with E-state index in [0.717, 1.165) is 17.5 Å². The first kappa shape index (κ1) is 7.98. The van der Waals surface area contributed by atoms with Crippen molar-refractivity contribution >= 4 is 11.0 Å². The van der Waals surface area contributed by atoms with Gasteiger partial charge in [-0.1, -0.05) is 0 Å². The first-order chi connectivity index (χ1) is 7.93. The van der Waals surface area contributed by atoms with E-state index in [4.69, 9.17) is 0 Å². The molecule has 3 aromatic rings. The Morgan fingerprint density at radius 2 is 2.19 bits per heavy atom. The monoisotopic (exact) mass is 208 g/mol. The Morgan fingerprint density at radius 3 is 3.19 bits per heavy atom. The van der Waals surface area contributed by atoms with Crippen molar-refractivity contribution < 1.29 is 0 Å². The molecule has 0 saturated carbocycles. The molecule has 1 aliphatic rings. The second-order valence-corrected chi connectivity index (χ2v) is 3.97. The number of aromatic amines is 1. The molecule has 0 saturated heterocycles. The molecule has 0 spiro atoms. The Balaban J connectivity index is 2.15. The number of rotatable bonds is 0. The van der Waals surface area contributed by atoms with Crippen molar-refractivity contribution in [3.8, 4) is 11.1 Å². The van der Waals surface area contributed by atoms with Gasteiger partial charge in [0.1, 0.15) is 6.33 Å². The highest BCUT2D eigenvalue weighted by atomic mass is 14.9. The van der Waals surface area contributed by atoms with Gasteiger partial charge in [-0.3, -0.25) is 4.98 Å². The molecule has 0 amide bonds. The van der Waals surface area contributed by atoms with E-state index in [1.807, 2.05) is 18.6 Å². The second kappa shape index (κ2) is 2.66. The fourth-order valence-corrected chi connectivity index (χ4v) is 2.41. The minimum Gasteiger partial charge on any atom is -0.355 e. The standard InChI is InChI=1S/C12H8N4/c1-2-13-4-7-3-9-11(8(1)7)12-10(16-9)5-14-6-15-12/h1-2,4-6,16H,3H2. The average Bonchev–Trinajstić information content (AvgIpc) is 2.83. The summed E-state index contributed by atoms with van der Waals surface area (Å²) in [6, 6.07) is 2.05. The number of pyridine rings is 1. The molecular formula is C12H8N4. The number of fused-ring (bicyclic) bond motifs is 5. The van der Waals surface area contributed by atoms with Crippen LogP contribution in [-0.2, 0) is 6.42 Å². The van der Waals surface area contributed by atoms with Crippen molar-refractivity contribution in [1.29, 1.82) is 0 Å². The molecule has 0 unspecified atom stereocenters. The number of nitrogens with zero attached hydrogens (tertiary/aromatic N) is 3. The van der Waals surface area contributed by atoms with Crippen LogP contribution < -0.4 is 0 Å². The van der Waals surface area contributed by atoms with E-state index in [2.05, 4.69) is 26.0 Å². The number of aromatic nitrogens is 4. The quantitative estimate of drug-likeness (QED) is 0.480. The number of hydrogen-bond donors (Lipinski definition) is 1. The van der Waals surface area contributed by atoms with Gasteiger partial charge >= 0.3 is 0 Å². The van der Waals surface area contributed by atoms with Gasteiger partial charge in [0.25, 0.3) is 0 Å². The zero-order valence-corrected chi connectivity index (χ0v) is 8.44. The maximum Gasteiger partial charge on any atom is 0.116 e. The van der Waals surface area contributed by atoms with Crippen LogP contribution in [0.3, 0.4) is 0 Å². The lowest BCUT2D eigenvalue weighted by Crippen LogP contribution is -1.85. The predicted octanol–water partition coefficient (Wildman–Crippen LogP) is 1.92. The molecule has 3 heterocycles. The molecule has 0 atom stereocenters. The zero-order valence-electron chi connectivity index (χ0n) is 8.44. The number of hydrogen-bond acceptors (Lipinski definition) is 3. The van der Waals surface area contributed by atoms with Gasteiger partial charge in [0.05, 0.1) is 17.2 Å². The summed E-state index contributed by atoms with van der Waals surface area (Å²) in [7, 11) is 0. The van der Waals surface area contributed by atoms with Crippen LogP contribution in [0.25, 0.3) is 22.2 Å². The van der Waals surface area contributed by atoms with E-state index >= 15 is 0 Å².